The third kappa shape index (κ3) is 2.77. The molecule has 0 spiro atoms. The molecule has 1 aliphatic heterocycles. The Morgan fingerprint density at radius 3 is 2.70 bits per heavy atom. The van der Waals surface area contributed by atoms with Gasteiger partial charge in [0, 0.05) is 5.56 Å². The Bertz CT molecular complexity index is 764. The average molecular weight is 311 g/mol. The number of ether oxygens (including phenoxy) is 3. The van der Waals surface area contributed by atoms with Gasteiger partial charge in [-0.05, 0) is 29.7 Å². The molecule has 0 atom stereocenters. The minimum atomic E-state index is -0.668. The molecule has 0 saturated heterocycles. The first-order valence-corrected chi connectivity index (χ1v) is 7.23. The summed E-state index contributed by atoms with van der Waals surface area (Å²) < 4.78 is 16.1. The quantitative estimate of drug-likeness (QED) is 0.641. The van der Waals surface area contributed by atoms with Crippen molar-refractivity contribution in [3.05, 3.63) is 53.1 Å². The summed E-state index contributed by atoms with van der Waals surface area (Å²) in [5, 5.41) is 0. The Morgan fingerprint density at radius 2 is 1.96 bits per heavy atom. The minimum absolute atomic E-state index is 0.000501. The lowest BCUT2D eigenvalue weighted by Gasteiger charge is -2.13. The molecule has 0 aliphatic carbocycles. The van der Waals surface area contributed by atoms with Gasteiger partial charge >= 0.3 is 5.97 Å². The first kappa shape index (κ1) is 15.1. The van der Waals surface area contributed by atoms with E-state index >= 15 is 0 Å². The maximum Gasteiger partial charge on any atom is 0.348 e. The number of para-hydroxylation sites is 1. The number of esters is 1. The zero-order valence-electron chi connectivity index (χ0n) is 12.8. The van der Waals surface area contributed by atoms with Crippen LogP contribution >= 0.6 is 0 Å². The van der Waals surface area contributed by atoms with Crippen LogP contribution in [0.15, 0.2) is 36.4 Å². The van der Waals surface area contributed by atoms with Crippen LogP contribution in [0.5, 0.6) is 17.2 Å². The summed E-state index contributed by atoms with van der Waals surface area (Å²) >= 11 is 0. The van der Waals surface area contributed by atoms with E-state index in [-0.39, 0.29) is 29.6 Å². The van der Waals surface area contributed by atoms with E-state index in [1.54, 1.807) is 24.5 Å². The summed E-state index contributed by atoms with van der Waals surface area (Å²) in [6.45, 7) is 4.02. The molecule has 1 aliphatic rings. The van der Waals surface area contributed by atoms with Crippen LogP contribution in [0.1, 0.15) is 41.3 Å². The van der Waals surface area contributed by atoms with Crippen molar-refractivity contribution < 1.29 is 23.8 Å². The molecule has 0 saturated carbocycles. The van der Waals surface area contributed by atoms with Crippen LogP contribution in [0, 0.1) is 0 Å². The van der Waals surface area contributed by atoms with Crippen LogP contribution in [-0.2, 0) is 4.79 Å². The predicted molar refractivity (Wildman–Crippen MR) is 82.9 cm³/mol. The van der Waals surface area contributed by atoms with Gasteiger partial charge in [-0.1, -0.05) is 32.0 Å². The topological polar surface area (TPSA) is 61.8 Å². The van der Waals surface area contributed by atoms with Gasteiger partial charge in [0.2, 0.25) is 13.1 Å². The van der Waals surface area contributed by atoms with E-state index in [9.17, 15) is 9.59 Å². The summed E-state index contributed by atoms with van der Waals surface area (Å²) in [5.41, 5.74) is 1.03. The molecule has 3 rings (SSSR count). The molecule has 117 valence electrons. The first-order valence-electron chi connectivity index (χ1n) is 7.23. The molecule has 0 amide bonds. The molecule has 2 aromatic carbocycles. The third-order valence-corrected chi connectivity index (χ3v) is 3.60. The number of fused-ring (bicyclic) bond motifs is 1. The van der Waals surface area contributed by atoms with E-state index in [1.165, 1.54) is 6.07 Å². The van der Waals surface area contributed by atoms with Crippen LogP contribution in [0.4, 0.5) is 0 Å². The van der Waals surface area contributed by atoms with Crippen LogP contribution in [0.25, 0.3) is 0 Å². The van der Waals surface area contributed by atoms with Gasteiger partial charge in [0.1, 0.15) is 11.3 Å². The first-order chi connectivity index (χ1) is 11.1. The number of hydrogen-bond acceptors (Lipinski definition) is 5. The van der Waals surface area contributed by atoms with Crippen molar-refractivity contribution in [3.63, 3.8) is 0 Å². The fraction of sp³-hybridized carbons (Fsp3) is 0.222. The number of carbonyl (C=O) groups is 1. The molecule has 0 unspecified atom stereocenters. The van der Waals surface area contributed by atoms with Gasteiger partial charge in [-0.25, -0.2) is 4.79 Å². The van der Waals surface area contributed by atoms with Gasteiger partial charge < -0.3 is 14.2 Å². The summed E-state index contributed by atoms with van der Waals surface area (Å²) in [6.07, 6.45) is 1.74. The molecule has 1 radical (unpaired) electrons. The third-order valence-electron chi connectivity index (χ3n) is 3.60. The monoisotopic (exact) mass is 311 g/mol. The second-order valence-electron chi connectivity index (χ2n) is 5.41. The van der Waals surface area contributed by atoms with E-state index in [0.29, 0.717) is 11.5 Å². The largest absolute Gasteiger partial charge is 0.454 e. The lowest BCUT2D eigenvalue weighted by Crippen LogP contribution is -2.13. The maximum atomic E-state index is 12.6. The second kappa shape index (κ2) is 6.12. The Morgan fingerprint density at radius 1 is 1.17 bits per heavy atom. The summed E-state index contributed by atoms with van der Waals surface area (Å²) in [4.78, 5) is 23.7. The lowest BCUT2D eigenvalue weighted by atomic mass is 10.0. The van der Waals surface area contributed by atoms with E-state index in [2.05, 4.69) is 0 Å². The van der Waals surface area contributed by atoms with Crippen molar-refractivity contribution >= 4 is 12.3 Å². The average Bonchev–Trinajstić information content (AvgIpc) is 3.02. The van der Waals surface area contributed by atoms with Gasteiger partial charge in [0.15, 0.2) is 11.5 Å². The Kier molecular flexibility index (Phi) is 4.02. The van der Waals surface area contributed by atoms with Gasteiger partial charge in [-0.3, -0.25) is 4.79 Å². The van der Waals surface area contributed by atoms with Crippen molar-refractivity contribution in [1.29, 1.82) is 0 Å². The Labute approximate surface area is 133 Å². The zero-order chi connectivity index (χ0) is 16.4. The van der Waals surface area contributed by atoms with Gasteiger partial charge in [-0.15, -0.1) is 0 Å². The molecule has 5 nitrogen and oxygen atoms in total. The van der Waals surface area contributed by atoms with E-state index < -0.39 is 5.97 Å². The van der Waals surface area contributed by atoms with Crippen LogP contribution in [0.2, 0.25) is 0 Å². The van der Waals surface area contributed by atoms with Crippen molar-refractivity contribution in [2.45, 2.75) is 19.8 Å². The standard InChI is InChI=1S/C18H15O5/c1-11(2)13-5-3-4-6-14(13)23-18(20)16-12(9-19)7-8-15-17(16)22-10-21-15/h3-8,11H,10H2,1-2H3. The molecular formula is C18H15O5. The van der Waals surface area contributed by atoms with Gasteiger partial charge in [-0.2, -0.15) is 0 Å². The Hall–Kier alpha value is -2.82. The molecule has 2 aromatic rings. The van der Waals surface area contributed by atoms with Crippen LogP contribution in [0.3, 0.4) is 0 Å². The molecule has 0 fully saturated rings. The fourth-order valence-electron chi connectivity index (χ4n) is 2.46. The van der Waals surface area contributed by atoms with Crippen molar-refractivity contribution in [3.8, 4) is 17.2 Å². The summed E-state index contributed by atoms with van der Waals surface area (Å²) in [6, 6.07) is 10.3. The molecule has 0 N–H and O–H groups in total. The number of rotatable bonds is 4. The molecule has 0 aromatic heterocycles. The second-order valence-corrected chi connectivity index (χ2v) is 5.41. The highest BCUT2D eigenvalue weighted by Crippen LogP contribution is 2.38. The van der Waals surface area contributed by atoms with Crippen LogP contribution in [-0.4, -0.2) is 19.0 Å². The number of benzene rings is 2. The highest BCUT2D eigenvalue weighted by Gasteiger charge is 2.28. The highest BCUT2D eigenvalue weighted by molar-refractivity contribution is 6.03. The molecular weight excluding hydrogens is 296 g/mol. The highest BCUT2D eigenvalue weighted by atomic mass is 16.7. The van der Waals surface area contributed by atoms with E-state index in [1.807, 2.05) is 26.0 Å². The van der Waals surface area contributed by atoms with Crippen molar-refractivity contribution in [1.82, 2.24) is 0 Å². The Balaban J connectivity index is 1.99. The summed E-state index contributed by atoms with van der Waals surface area (Å²) in [7, 11) is 0. The summed E-state index contributed by atoms with van der Waals surface area (Å²) in [5.74, 6) is 0.614. The number of carbonyl (C=O) groups excluding carboxylic acids is 2. The normalized spacial score (nSPS) is 12.3. The smallest absolute Gasteiger partial charge is 0.348 e. The van der Waals surface area contributed by atoms with Crippen LogP contribution < -0.4 is 14.2 Å². The maximum absolute atomic E-state index is 12.6. The fourth-order valence-corrected chi connectivity index (χ4v) is 2.46. The molecule has 23 heavy (non-hydrogen) atoms. The molecule has 1 heterocycles. The zero-order valence-corrected chi connectivity index (χ0v) is 12.8. The van der Waals surface area contributed by atoms with E-state index in [4.69, 9.17) is 14.2 Å². The lowest BCUT2D eigenvalue weighted by molar-refractivity contribution is 0.0727. The predicted octanol–water partition coefficient (Wildman–Crippen LogP) is 3.22. The number of hydrogen-bond donors (Lipinski definition) is 0. The SMILES string of the molecule is CC(C)c1ccccc1OC(=O)c1c([C]=O)ccc2c1OCO2. The molecule has 5 heteroatoms. The van der Waals surface area contributed by atoms with Gasteiger partial charge in [0.05, 0.1) is 0 Å². The van der Waals surface area contributed by atoms with Crippen molar-refractivity contribution in [2.24, 2.45) is 0 Å². The van der Waals surface area contributed by atoms with Crippen molar-refractivity contribution in [2.75, 3.05) is 6.79 Å². The minimum Gasteiger partial charge on any atom is -0.454 e. The van der Waals surface area contributed by atoms with E-state index in [0.717, 1.165) is 5.56 Å². The molecule has 0 bridgehead atoms. The van der Waals surface area contributed by atoms with Gasteiger partial charge in [0.25, 0.3) is 0 Å².